The molecule has 0 unspecified atom stereocenters. The van der Waals surface area contributed by atoms with Crippen LogP contribution in [0.5, 0.6) is 0 Å². The van der Waals surface area contributed by atoms with Gasteiger partial charge in [0.2, 0.25) is 0 Å². The summed E-state index contributed by atoms with van der Waals surface area (Å²) in [5.41, 5.74) is 7.72. The second kappa shape index (κ2) is 2.11. The first-order valence-electron chi connectivity index (χ1n) is 3.51. The highest BCUT2D eigenvalue weighted by molar-refractivity contribution is 6.01. The van der Waals surface area contributed by atoms with Gasteiger partial charge in [-0.15, -0.1) is 0 Å². The molecule has 0 aromatic heterocycles. The van der Waals surface area contributed by atoms with Crippen molar-refractivity contribution >= 4 is 5.71 Å². The maximum atomic E-state index is 5.57. The molecule has 0 amide bonds. The van der Waals surface area contributed by atoms with Crippen molar-refractivity contribution in [2.45, 2.75) is 20.8 Å². The highest BCUT2D eigenvalue weighted by Gasteiger charge is 2.19. The van der Waals surface area contributed by atoms with Crippen LogP contribution in [0.25, 0.3) is 0 Å². The predicted octanol–water partition coefficient (Wildman–Crippen LogP) is 1.33. The van der Waals surface area contributed by atoms with E-state index in [9.17, 15) is 0 Å². The lowest BCUT2D eigenvalue weighted by Gasteiger charge is -2.15. The molecule has 0 atom stereocenters. The van der Waals surface area contributed by atoms with Crippen LogP contribution in [0.4, 0.5) is 0 Å². The van der Waals surface area contributed by atoms with E-state index in [2.05, 4.69) is 25.8 Å². The van der Waals surface area contributed by atoms with Gasteiger partial charge in [-0.1, -0.05) is 20.8 Å². The molecule has 1 rings (SSSR count). The molecule has 2 N–H and O–H groups in total. The van der Waals surface area contributed by atoms with Crippen LogP contribution in [-0.4, -0.2) is 12.3 Å². The van der Waals surface area contributed by atoms with Gasteiger partial charge >= 0.3 is 0 Å². The first-order chi connectivity index (χ1) is 4.50. The van der Waals surface area contributed by atoms with Crippen LogP contribution in [0.15, 0.2) is 16.8 Å². The number of nitrogens with two attached hydrogens (primary N) is 1. The van der Waals surface area contributed by atoms with Crippen molar-refractivity contribution in [3.63, 3.8) is 0 Å². The van der Waals surface area contributed by atoms with Crippen molar-refractivity contribution in [2.75, 3.05) is 6.54 Å². The van der Waals surface area contributed by atoms with Gasteiger partial charge in [-0.25, -0.2) is 0 Å². The Morgan fingerprint density at radius 1 is 1.50 bits per heavy atom. The van der Waals surface area contributed by atoms with Crippen LogP contribution in [0.2, 0.25) is 0 Å². The van der Waals surface area contributed by atoms with Gasteiger partial charge in [-0.2, -0.15) is 0 Å². The Morgan fingerprint density at radius 3 is 2.30 bits per heavy atom. The molecule has 0 bridgehead atoms. The Labute approximate surface area is 61.8 Å². The smallest absolute Gasteiger partial charge is 0.0788 e. The summed E-state index contributed by atoms with van der Waals surface area (Å²) in [6.45, 7) is 7.11. The minimum Gasteiger partial charge on any atom is -0.400 e. The molecule has 56 valence electrons. The number of aliphatic imine (C=N–C) groups is 1. The number of hydrogen-bond acceptors (Lipinski definition) is 2. The highest BCUT2D eigenvalue weighted by atomic mass is 14.8. The zero-order valence-electron chi connectivity index (χ0n) is 6.81. The molecule has 0 radical (unpaired) electrons. The molecule has 0 aromatic carbocycles. The highest BCUT2D eigenvalue weighted by Crippen LogP contribution is 2.20. The summed E-state index contributed by atoms with van der Waals surface area (Å²) in [7, 11) is 0. The van der Waals surface area contributed by atoms with E-state index in [1.807, 2.05) is 6.08 Å². The molecule has 0 fully saturated rings. The fourth-order valence-corrected chi connectivity index (χ4v) is 0.897. The second-order valence-electron chi connectivity index (χ2n) is 3.67. The van der Waals surface area contributed by atoms with Gasteiger partial charge in [-0.3, -0.25) is 4.99 Å². The molecule has 1 aliphatic rings. The lowest BCUT2D eigenvalue weighted by Crippen LogP contribution is -2.16. The summed E-state index contributed by atoms with van der Waals surface area (Å²) < 4.78 is 0. The number of nitrogens with zero attached hydrogens (tertiary/aromatic N) is 1. The number of allylic oxidation sites excluding steroid dienone is 1. The number of hydrogen-bond donors (Lipinski definition) is 1. The van der Waals surface area contributed by atoms with Crippen LogP contribution in [-0.2, 0) is 0 Å². The second-order valence-corrected chi connectivity index (χ2v) is 3.67. The van der Waals surface area contributed by atoms with E-state index in [-0.39, 0.29) is 5.41 Å². The van der Waals surface area contributed by atoms with Crippen molar-refractivity contribution in [1.82, 2.24) is 0 Å². The van der Waals surface area contributed by atoms with Gasteiger partial charge in [0.05, 0.1) is 6.54 Å². The molecule has 2 heteroatoms. The lowest BCUT2D eigenvalue weighted by atomic mass is 9.90. The van der Waals surface area contributed by atoms with Gasteiger partial charge in [0.25, 0.3) is 0 Å². The monoisotopic (exact) mass is 138 g/mol. The Kier molecular flexibility index (Phi) is 1.55. The average molecular weight is 138 g/mol. The average Bonchev–Trinajstić information content (AvgIpc) is 2.11. The zero-order valence-corrected chi connectivity index (χ0v) is 6.81. The van der Waals surface area contributed by atoms with Gasteiger partial charge in [0.1, 0.15) is 0 Å². The van der Waals surface area contributed by atoms with Crippen molar-refractivity contribution in [2.24, 2.45) is 16.1 Å². The summed E-state index contributed by atoms with van der Waals surface area (Å²) in [4.78, 5) is 4.29. The van der Waals surface area contributed by atoms with Crippen molar-refractivity contribution in [3.05, 3.63) is 11.8 Å². The lowest BCUT2D eigenvalue weighted by molar-refractivity contribution is 0.594. The maximum absolute atomic E-state index is 5.57. The largest absolute Gasteiger partial charge is 0.400 e. The van der Waals surface area contributed by atoms with E-state index in [0.29, 0.717) is 6.54 Å². The molecule has 0 saturated carbocycles. The fourth-order valence-electron chi connectivity index (χ4n) is 0.897. The third kappa shape index (κ3) is 1.38. The Bertz CT molecular complexity index is 194. The topological polar surface area (TPSA) is 38.4 Å². The van der Waals surface area contributed by atoms with Crippen molar-refractivity contribution < 1.29 is 0 Å². The first-order valence-corrected chi connectivity index (χ1v) is 3.51. The third-order valence-corrected chi connectivity index (χ3v) is 1.52. The molecule has 1 aliphatic heterocycles. The summed E-state index contributed by atoms with van der Waals surface area (Å²) in [6, 6.07) is 0. The van der Waals surface area contributed by atoms with Crippen LogP contribution in [0.3, 0.4) is 0 Å². The van der Waals surface area contributed by atoms with E-state index in [4.69, 9.17) is 5.73 Å². The maximum Gasteiger partial charge on any atom is 0.0788 e. The SMILES string of the molecule is CC(C)(C)C1=NCC(N)=C1. The van der Waals surface area contributed by atoms with Crippen LogP contribution >= 0.6 is 0 Å². The van der Waals surface area contributed by atoms with E-state index in [1.165, 1.54) is 0 Å². The van der Waals surface area contributed by atoms with E-state index in [0.717, 1.165) is 11.4 Å². The summed E-state index contributed by atoms with van der Waals surface area (Å²) in [5.74, 6) is 0. The quantitative estimate of drug-likeness (QED) is 0.539. The molecule has 0 aromatic rings. The summed E-state index contributed by atoms with van der Waals surface area (Å²) in [6.07, 6.45) is 1.97. The van der Waals surface area contributed by atoms with Gasteiger partial charge in [0.15, 0.2) is 0 Å². The Hall–Kier alpha value is -0.790. The molecular formula is C8H14N2. The standard InChI is InChI=1S/C8H14N2/c1-8(2,3)7-4-6(9)5-10-7/h4H,5,9H2,1-3H3. The Morgan fingerprint density at radius 2 is 2.10 bits per heavy atom. The van der Waals surface area contributed by atoms with Gasteiger partial charge < -0.3 is 5.73 Å². The van der Waals surface area contributed by atoms with Crippen LogP contribution < -0.4 is 5.73 Å². The van der Waals surface area contributed by atoms with E-state index >= 15 is 0 Å². The minimum atomic E-state index is 0.154. The minimum absolute atomic E-state index is 0.154. The molecule has 10 heavy (non-hydrogen) atoms. The number of rotatable bonds is 0. The predicted molar refractivity (Wildman–Crippen MR) is 44.0 cm³/mol. The van der Waals surface area contributed by atoms with E-state index < -0.39 is 0 Å². The molecule has 2 nitrogen and oxygen atoms in total. The molecule has 0 aliphatic carbocycles. The molecule has 0 saturated heterocycles. The molecular weight excluding hydrogens is 124 g/mol. The molecule has 1 heterocycles. The van der Waals surface area contributed by atoms with Gasteiger partial charge in [-0.05, 0) is 6.08 Å². The fraction of sp³-hybridized carbons (Fsp3) is 0.625. The summed E-state index contributed by atoms with van der Waals surface area (Å²) in [5, 5.41) is 0. The normalized spacial score (nSPS) is 18.7. The summed E-state index contributed by atoms with van der Waals surface area (Å²) >= 11 is 0. The van der Waals surface area contributed by atoms with Crippen LogP contribution in [0.1, 0.15) is 20.8 Å². The van der Waals surface area contributed by atoms with Crippen LogP contribution in [0, 0.1) is 5.41 Å². The van der Waals surface area contributed by atoms with E-state index in [1.54, 1.807) is 0 Å². The third-order valence-electron chi connectivity index (χ3n) is 1.52. The van der Waals surface area contributed by atoms with Crippen molar-refractivity contribution in [1.29, 1.82) is 0 Å². The van der Waals surface area contributed by atoms with Crippen molar-refractivity contribution in [3.8, 4) is 0 Å². The Balaban J connectivity index is 2.77. The zero-order chi connectivity index (χ0) is 7.78. The van der Waals surface area contributed by atoms with Gasteiger partial charge in [0, 0.05) is 16.8 Å². The molecule has 0 spiro atoms. The first kappa shape index (κ1) is 7.32.